The average molecular weight is 202 g/mol. The molecule has 0 aliphatic heterocycles. The molecule has 2 aliphatic carbocycles. The lowest BCUT2D eigenvalue weighted by Crippen LogP contribution is -1.99. The molecule has 2 aliphatic rings. The molecule has 3 rings (SSSR count). The van der Waals surface area contributed by atoms with E-state index >= 15 is 0 Å². The summed E-state index contributed by atoms with van der Waals surface area (Å²) in [5.41, 5.74) is 2.63. The third-order valence-electron chi connectivity index (χ3n) is 3.50. The lowest BCUT2D eigenvalue weighted by atomic mass is 10.0. The smallest absolute Gasteiger partial charge is 0.307 e. The first-order valence-electron chi connectivity index (χ1n) is 5.58. The Kier molecular flexibility index (Phi) is 1.84. The van der Waals surface area contributed by atoms with Crippen molar-refractivity contribution in [1.29, 1.82) is 0 Å². The Bertz CT molecular complexity index is 407. The fourth-order valence-corrected chi connectivity index (χ4v) is 2.30. The van der Waals surface area contributed by atoms with Gasteiger partial charge in [0.15, 0.2) is 0 Å². The van der Waals surface area contributed by atoms with Crippen molar-refractivity contribution in [2.75, 3.05) is 0 Å². The van der Waals surface area contributed by atoms with Crippen molar-refractivity contribution in [3.63, 3.8) is 0 Å². The molecule has 2 unspecified atom stereocenters. The summed E-state index contributed by atoms with van der Waals surface area (Å²) in [6.07, 6.45) is 3.43. The molecule has 1 N–H and O–H groups in total. The highest BCUT2D eigenvalue weighted by Crippen LogP contribution is 2.49. The van der Waals surface area contributed by atoms with Gasteiger partial charge in [-0.15, -0.1) is 0 Å². The first-order chi connectivity index (χ1) is 7.25. The zero-order chi connectivity index (χ0) is 10.4. The van der Waals surface area contributed by atoms with Gasteiger partial charge in [-0.2, -0.15) is 0 Å². The maximum absolute atomic E-state index is 10.8. The summed E-state index contributed by atoms with van der Waals surface area (Å²) in [6.45, 7) is 0. The minimum atomic E-state index is -0.642. The maximum Gasteiger partial charge on any atom is 0.307 e. The van der Waals surface area contributed by atoms with Gasteiger partial charge in [0.1, 0.15) is 0 Å². The zero-order valence-electron chi connectivity index (χ0n) is 8.52. The molecule has 0 spiro atoms. The van der Waals surface area contributed by atoms with Gasteiger partial charge in [0, 0.05) is 0 Å². The molecule has 1 aromatic carbocycles. The molecular formula is C13H14O2. The third kappa shape index (κ3) is 1.65. The number of carboxylic acid groups (broad SMARTS) is 1. The number of carbonyl (C=O) groups is 1. The van der Waals surface area contributed by atoms with E-state index in [-0.39, 0.29) is 11.8 Å². The molecule has 2 heteroatoms. The lowest BCUT2D eigenvalue weighted by Gasteiger charge is -2.02. The fraction of sp³-hybridized carbons (Fsp3) is 0.462. The van der Waals surface area contributed by atoms with Gasteiger partial charge in [-0.25, -0.2) is 0 Å². The van der Waals surface area contributed by atoms with E-state index in [0.29, 0.717) is 0 Å². The quantitative estimate of drug-likeness (QED) is 0.818. The normalized spacial score (nSPS) is 28.8. The Labute approximate surface area is 88.9 Å². The third-order valence-corrected chi connectivity index (χ3v) is 3.50. The summed E-state index contributed by atoms with van der Waals surface area (Å²) in [6, 6.07) is 8.52. The highest BCUT2D eigenvalue weighted by atomic mass is 16.4. The molecule has 0 radical (unpaired) electrons. The molecule has 2 saturated carbocycles. The van der Waals surface area contributed by atoms with Crippen molar-refractivity contribution in [2.45, 2.75) is 31.1 Å². The van der Waals surface area contributed by atoms with Gasteiger partial charge in [-0.05, 0) is 42.2 Å². The first kappa shape index (κ1) is 8.96. The predicted octanol–water partition coefficient (Wildman–Crippen LogP) is 2.75. The van der Waals surface area contributed by atoms with Crippen LogP contribution in [0.25, 0.3) is 0 Å². The van der Waals surface area contributed by atoms with Gasteiger partial charge in [0.2, 0.25) is 0 Å². The zero-order valence-corrected chi connectivity index (χ0v) is 8.52. The molecule has 0 heterocycles. The predicted molar refractivity (Wildman–Crippen MR) is 56.9 cm³/mol. The van der Waals surface area contributed by atoms with E-state index in [4.69, 9.17) is 5.11 Å². The lowest BCUT2D eigenvalue weighted by molar-refractivity contribution is -0.138. The number of carboxylic acids is 1. The molecule has 2 atom stereocenters. The molecule has 15 heavy (non-hydrogen) atoms. The Morgan fingerprint density at radius 3 is 2.60 bits per heavy atom. The minimum absolute atomic E-state index is 0.126. The monoisotopic (exact) mass is 202 g/mol. The largest absolute Gasteiger partial charge is 0.481 e. The van der Waals surface area contributed by atoms with Crippen LogP contribution in [-0.2, 0) is 4.79 Å². The first-order valence-corrected chi connectivity index (χ1v) is 5.58. The van der Waals surface area contributed by atoms with Crippen molar-refractivity contribution in [3.8, 4) is 0 Å². The topological polar surface area (TPSA) is 37.3 Å². The van der Waals surface area contributed by atoms with E-state index < -0.39 is 5.97 Å². The van der Waals surface area contributed by atoms with E-state index in [0.717, 1.165) is 12.3 Å². The van der Waals surface area contributed by atoms with Gasteiger partial charge in [0.25, 0.3) is 0 Å². The van der Waals surface area contributed by atoms with E-state index in [1.54, 1.807) is 0 Å². The van der Waals surface area contributed by atoms with Crippen LogP contribution in [0, 0.1) is 5.92 Å². The van der Waals surface area contributed by atoms with Crippen molar-refractivity contribution in [2.24, 2.45) is 5.92 Å². The number of hydrogen-bond acceptors (Lipinski definition) is 1. The maximum atomic E-state index is 10.8. The molecule has 78 valence electrons. The number of benzene rings is 1. The second kappa shape index (κ2) is 3.09. The van der Waals surface area contributed by atoms with Crippen LogP contribution >= 0.6 is 0 Å². The van der Waals surface area contributed by atoms with Crippen LogP contribution in [0.3, 0.4) is 0 Å². The van der Waals surface area contributed by atoms with Gasteiger partial charge in [-0.3, -0.25) is 4.79 Å². The van der Waals surface area contributed by atoms with Crippen molar-refractivity contribution >= 4 is 5.97 Å². The SMILES string of the molecule is O=C(O)C1CC1c1cccc(C2CC2)c1. The van der Waals surface area contributed by atoms with Gasteiger partial charge in [0.05, 0.1) is 5.92 Å². The summed E-state index contributed by atoms with van der Waals surface area (Å²) in [7, 11) is 0. The summed E-state index contributed by atoms with van der Waals surface area (Å²) >= 11 is 0. The van der Waals surface area contributed by atoms with Gasteiger partial charge >= 0.3 is 5.97 Å². The van der Waals surface area contributed by atoms with E-state index in [2.05, 4.69) is 24.3 Å². The van der Waals surface area contributed by atoms with Crippen LogP contribution < -0.4 is 0 Å². The van der Waals surface area contributed by atoms with Crippen molar-refractivity contribution in [3.05, 3.63) is 35.4 Å². The fourth-order valence-electron chi connectivity index (χ4n) is 2.30. The van der Waals surface area contributed by atoms with E-state index in [1.165, 1.54) is 24.0 Å². The van der Waals surface area contributed by atoms with E-state index in [1.807, 2.05) is 0 Å². The van der Waals surface area contributed by atoms with Crippen LogP contribution in [-0.4, -0.2) is 11.1 Å². The molecule has 0 amide bonds. The Hall–Kier alpha value is -1.31. The van der Waals surface area contributed by atoms with Crippen LogP contribution in [0.1, 0.15) is 42.2 Å². The van der Waals surface area contributed by atoms with Crippen molar-refractivity contribution < 1.29 is 9.90 Å². The molecule has 0 saturated heterocycles. The van der Waals surface area contributed by atoms with Crippen LogP contribution in [0.15, 0.2) is 24.3 Å². The summed E-state index contributed by atoms with van der Waals surface area (Å²) in [4.78, 5) is 10.8. The van der Waals surface area contributed by atoms with Crippen LogP contribution in [0.4, 0.5) is 0 Å². The standard InChI is InChI=1S/C13H14O2/c14-13(15)12-7-11(12)10-3-1-2-9(6-10)8-4-5-8/h1-3,6,8,11-12H,4-5,7H2,(H,14,15). The highest BCUT2D eigenvalue weighted by molar-refractivity contribution is 5.75. The Morgan fingerprint density at radius 2 is 2.00 bits per heavy atom. The molecule has 0 aromatic heterocycles. The number of rotatable bonds is 3. The minimum Gasteiger partial charge on any atom is -0.481 e. The summed E-state index contributed by atoms with van der Waals surface area (Å²) in [5.74, 6) is 0.268. The average Bonchev–Trinajstić information content (AvgIpc) is 3.10. The Balaban J connectivity index is 1.81. The van der Waals surface area contributed by atoms with Gasteiger partial charge < -0.3 is 5.11 Å². The number of hydrogen-bond donors (Lipinski definition) is 1. The molecule has 2 nitrogen and oxygen atoms in total. The van der Waals surface area contributed by atoms with E-state index in [9.17, 15) is 4.79 Å². The molecule has 1 aromatic rings. The second-order valence-electron chi connectivity index (χ2n) is 4.73. The molecule has 2 fully saturated rings. The Morgan fingerprint density at radius 1 is 1.27 bits per heavy atom. The number of aliphatic carboxylic acids is 1. The molecular weight excluding hydrogens is 188 g/mol. The highest BCUT2D eigenvalue weighted by Gasteiger charge is 2.44. The van der Waals surface area contributed by atoms with Crippen LogP contribution in [0.2, 0.25) is 0 Å². The molecule has 0 bridgehead atoms. The van der Waals surface area contributed by atoms with Crippen LogP contribution in [0.5, 0.6) is 0 Å². The van der Waals surface area contributed by atoms with Gasteiger partial charge in [-0.1, -0.05) is 24.3 Å². The van der Waals surface area contributed by atoms with Crippen molar-refractivity contribution in [1.82, 2.24) is 0 Å². The summed E-state index contributed by atoms with van der Waals surface area (Å²) in [5, 5.41) is 8.88. The summed E-state index contributed by atoms with van der Waals surface area (Å²) < 4.78 is 0. The second-order valence-corrected chi connectivity index (χ2v) is 4.73.